The van der Waals surface area contributed by atoms with Crippen LogP contribution in [-0.4, -0.2) is 20.1 Å². The summed E-state index contributed by atoms with van der Waals surface area (Å²) in [4.78, 5) is 12.1. The lowest BCUT2D eigenvalue weighted by molar-refractivity contribution is -0.113. The molecule has 0 bridgehead atoms. The second-order valence-corrected chi connectivity index (χ2v) is 6.93. The van der Waals surface area contributed by atoms with E-state index in [1.165, 1.54) is 12.1 Å². The van der Waals surface area contributed by atoms with E-state index in [0.29, 0.717) is 5.69 Å². The van der Waals surface area contributed by atoms with Crippen molar-refractivity contribution in [1.29, 1.82) is 0 Å². The van der Waals surface area contributed by atoms with Gasteiger partial charge in [0.1, 0.15) is 5.75 Å². The third-order valence-corrected chi connectivity index (χ3v) is 4.72. The van der Waals surface area contributed by atoms with Crippen LogP contribution in [-0.2, 0) is 14.6 Å². The molecule has 1 N–H and O–H groups in total. The van der Waals surface area contributed by atoms with E-state index in [1.54, 1.807) is 18.2 Å². The van der Waals surface area contributed by atoms with Gasteiger partial charge in [0.2, 0.25) is 5.91 Å². The molecule has 0 atom stereocenters. The maximum atomic E-state index is 12.1. The molecular formula is C16H17NO3S. The number of nitrogens with one attached hydrogen (secondary N) is 1. The summed E-state index contributed by atoms with van der Waals surface area (Å²) in [5.41, 5.74) is 2.54. The highest BCUT2D eigenvalue weighted by atomic mass is 32.2. The molecule has 0 aromatic heterocycles. The van der Waals surface area contributed by atoms with Gasteiger partial charge in [-0.2, -0.15) is 0 Å². The second-order valence-electron chi connectivity index (χ2n) is 4.94. The first-order valence-corrected chi connectivity index (χ1v) is 8.18. The van der Waals surface area contributed by atoms with Crippen molar-refractivity contribution in [2.24, 2.45) is 0 Å². The van der Waals surface area contributed by atoms with E-state index in [-0.39, 0.29) is 4.90 Å². The summed E-state index contributed by atoms with van der Waals surface area (Å²) in [6.07, 6.45) is 0. The van der Waals surface area contributed by atoms with Crippen molar-refractivity contribution < 1.29 is 13.2 Å². The third-order valence-electron chi connectivity index (χ3n) is 3.09. The number of aryl methyl sites for hydroxylation is 2. The van der Waals surface area contributed by atoms with Crippen molar-refractivity contribution in [3.05, 3.63) is 59.7 Å². The van der Waals surface area contributed by atoms with Gasteiger partial charge in [-0.25, -0.2) is 8.42 Å². The molecule has 0 unspecified atom stereocenters. The molecule has 0 aliphatic heterocycles. The zero-order chi connectivity index (χ0) is 15.5. The van der Waals surface area contributed by atoms with Gasteiger partial charge in [0, 0.05) is 5.69 Å². The number of benzene rings is 2. The minimum absolute atomic E-state index is 0.154. The first-order chi connectivity index (χ1) is 9.88. The summed E-state index contributed by atoms with van der Waals surface area (Å²) < 4.78 is 24.2. The lowest BCUT2D eigenvalue weighted by Crippen LogP contribution is -2.23. The first-order valence-electron chi connectivity index (χ1n) is 6.53. The Balaban J connectivity index is 2.14. The van der Waals surface area contributed by atoms with Crippen LogP contribution in [0.5, 0.6) is 0 Å². The molecule has 1 amide bonds. The molecular weight excluding hydrogens is 286 g/mol. The highest BCUT2D eigenvalue weighted by molar-refractivity contribution is 7.92. The predicted molar refractivity (Wildman–Crippen MR) is 83.0 cm³/mol. The first kappa shape index (κ1) is 15.3. The van der Waals surface area contributed by atoms with Crippen LogP contribution in [0, 0.1) is 13.8 Å². The molecule has 0 spiro atoms. The van der Waals surface area contributed by atoms with Crippen molar-refractivity contribution in [2.75, 3.05) is 11.1 Å². The van der Waals surface area contributed by atoms with Crippen LogP contribution >= 0.6 is 0 Å². The molecule has 0 saturated carbocycles. The predicted octanol–water partition coefficient (Wildman–Crippen LogP) is 2.72. The summed E-state index contributed by atoms with van der Waals surface area (Å²) in [5.74, 6) is -1.10. The Morgan fingerprint density at radius 3 is 2.38 bits per heavy atom. The average Bonchev–Trinajstić information content (AvgIpc) is 2.43. The van der Waals surface area contributed by atoms with E-state index in [2.05, 4.69) is 5.32 Å². The van der Waals surface area contributed by atoms with Crippen LogP contribution in [0.3, 0.4) is 0 Å². The Morgan fingerprint density at radius 2 is 1.71 bits per heavy atom. The average molecular weight is 303 g/mol. The van der Waals surface area contributed by atoms with E-state index in [9.17, 15) is 13.2 Å². The fraction of sp³-hybridized carbons (Fsp3) is 0.188. The van der Waals surface area contributed by atoms with Crippen molar-refractivity contribution in [2.45, 2.75) is 18.7 Å². The normalized spacial score (nSPS) is 11.1. The Morgan fingerprint density at radius 1 is 1.05 bits per heavy atom. The van der Waals surface area contributed by atoms with Crippen LogP contribution in [0.2, 0.25) is 0 Å². The molecule has 2 aromatic carbocycles. The number of carbonyl (C=O) groups is 1. The molecule has 2 rings (SSSR count). The fourth-order valence-corrected chi connectivity index (χ4v) is 3.10. The molecule has 2 aromatic rings. The van der Waals surface area contributed by atoms with Crippen LogP contribution in [0.25, 0.3) is 0 Å². The number of hydrogen-bond acceptors (Lipinski definition) is 3. The zero-order valence-electron chi connectivity index (χ0n) is 12.0. The molecule has 21 heavy (non-hydrogen) atoms. The van der Waals surface area contributed by atoms with E-state index in [0.717, 1.165) is 11.1 Å². The minimum Gasteiger partial charge on any atom is -0.325 e. The molecule has 0 aliphatic rings. The van der Waals surface area contributed by atoms with Gasteiger partial charge in [0.05, 0.1) is 4.90 Å². The fourth-order valence-electron chi connectivity index (χ4n) is 1.94. The highest BCUT2D eigenvalue weighted by Gasteiger charge is 2.19. The Labute approximate surface area is 124 Å². The summed E-state index contributed by atoms with van der Waals surface area (Å²) in [6.45, 7) is 3.77. The van der Waals surface area contributed by atoms with Gasteiger partial charge in [-0.15, -0.1) is 0 Å². The Bertz CT molecular complexity index is 752. The summed E-state index contributed by atoms with van der Waals surface area (Å²) in [5, 5.41) is 2.66. The van der Waals surface area contributed by atoms with Crippen molar-refractivity contribution >= 4 is 21.4 Å². The second kappa shape index (κ2) is 6.10. The van der Waals surface area contributed by atoms with Gasteiger partial charge in [0.25, 0.3) is 0 Å². The van der Waals surface area contributed by atoms with Gasteiger partial charge in [0.15, 0.2) is 9.84 Å². The number of hydrogen-bond donors (Lipinski definition) is 1. The van der Waals surface area contributed by atoms with Gasteiger partial charge in [-0.1, -0.05) is 30.3 Å². The summed E-state index contributed by atoms with van der Waals surface area (Å²) in [6, 6.07) is 13.6. The third kappa shape index (κ3) is 3.92. The van der Waals surface area contributed by atoms with Crippen LogP contribution in [0.15, 0.2) is 53.4 Å². The molecule has 5 heteroatoms. The molecule has 0 heterocycles. The smallest absolute Gasteiger partial charge is 0.239 e. The van der Waals surface area contributed by atoms with Crippen LogP contribution in [0.4, 0.5) is 5.69 Å². The molecule has 0 saturated heterocycles. The number of rotatable bonds is 4. The van der Waals surface area contributed by atoms with Gasteiger partial charge in [-0.05, 0) is 43.2 Å². The quantitative estimate of drug-likeness (QED) is 0.944. The van der Waals surface area contributed by atoms with E-state index >= 15 is 0 Å². The molecule has 0 radical (unpaired) electrons. The monoisotopic (exact) mass is 303 g/mol. The maximum Gasteiger partial charge on any atom is 0.239 e. The summed E-state index contributed by atoms with van der Waals surface area (Å²) >= 11 is 0. The highest BCUT2D eigenvalue weighted by Crippen LogP contribution is 2.17. The van der Waals surface area contributed by atoms with E-state index < -0.39 is 21.5 Å². The lowest BCUT2D eigenvalue weighted by atomic mass is 10.1. The van der Waals surface area contributed by atoms with Crippen molar-refractivity contribution in [3.63, 3.8) is 0 Å². The number of amides is 1. The number of carbonyl (C=O) groups excluding carboxylic acids is 1. The van der Waals surface area contributed by atoms with E-state index in [4.69, 9.17) is 0 Å². The van der Waals surface area contributed by atoms with Gasteiger partial charge >= 0.3 is 0 Å². The zero-order valence-corrected chi connectivity index (χ0v) is 12.8. The summed E-state index contributed by atoms with van der Waals surface area (Å²) in [7, 11) is -3.61. The van der Waals surface area contributed by atoms with E-state index in [1.807, 2.05) is 32.0 Å². The standard InChI is InChI=1S/C16H17NO3S/c1-12-8-9-13(2)15(10-12)17-16(18)11-21(19,20)14-6-4-3-5-7-14/h3-10H,11H2,1-2H3,(H,17,18). The molecule has 4 nitrogen and oxygen atoms in total. The van der Waals surface area contributed by atoms with Crippen molar-refractivity contribution in [3.8, 4) is 0 Å². The lowest BCUT2D eigenvalue weighted by Gasteiger charge is -2.10. The van der Waals surface area contributed by atoms with Gasteiger partial charge in [-0.3, -0.25) is 4.79 Å². The van der Waals surface area contributed by atoms with Crippen molar-refractivity contribution in [1.82, 2.24) is 0 Å². The minimum atomic E-state index is -3.61. The van der Waals surface area contributed by atoms with Crippen LogP contribution < -0.4 is 5.32 Å². The number of anilines is 1. The van der Waals surface area contributed by atoms with Gasteiger partial charge < -0.3 is 5.32 Å². The SMILES string of the molecule is Cc1ccc(C)c(NC(=O)CS(=O)(=O)c2ccccc2)c1. The largest absolute Gasteiger partial charge is 0.325 e. The molecule has 110 valence electrons. The van der Waals surface area contributed by atoms with Crippen LogP contribution in [0.1, 0.15) is 11.1 Å². The Kier molecular flexibility index (Phi) is 4.43. The Hall–Kier alpha value is -2.14. The topological polar surface area (TPSA) is 63.2 Å². The number of sulfone groups is 1. The molecule has 0 aliphatic carbocycles. The molecule has 0 fully saturated rings. The maximum absolute atomic E-state index is 12.1.